The highest BCUT2D eigenvalue weighted by Crippen LogP contribution is 1.99. The van der Waals surface area contributed by atoms with E-state index in [0.717, 1.165) is 37.1 Å². The smallest absolute Gasteiger partial charge is 0.101 e. The van der Waals surface area contributed by atoms with Crippen LogP contribution in [-0.4, -0.2) is 74.6 Å². The van der Waals surface area contributed by atoms with Gasteiger partial charge in [0, 0.05) is 25.7 Å². The van der Waals surface area contributed by atoms with Crippen molar-refractivity contribution in [2.75, 3.05) is 53.9 Å². The van der Waals surface area contributed by atoms with Gasteiger partial charge in [-0.2, -0.15) is 0 Å². The highest BCUT2D eigenvalue weighted by Gasteiger charge is 2.15. The van der Waals surface area contributed by atoms with E-state index in [2.05, 4.69) is 33.4 Å². The largest absolute Gasteiger partial charge is 0.391 e. The Kier molecular flexibility index (Phi) is 7.87. The van der Waals surface area contributed by atoms with Crippen molar-refractivity contribution in [1.29, 1.82) is 0 Å². The van der Waals surface area contributed by atoms with E-state index < -0.39 is 0 Å². The van der Waals surface area contributed by atoms with Crippen LogP contribution in [0.15, 0.2) is 0 Å². The molecule has 16 heavy (non-hydrogen) atoms. The van der Waals surface area contributed by atoms with Crippen LogP contribution in [0.5, 0.6) is 0 Å². The first-order valence-electron chi connectivity index (χ1n) is 6.04. The minimum atomic E-state index is 0.281. The van der Waals surface area contributed by atoms with Gasteiger partial charge in [0.15, 0.2) is 0 Å². The Balaban J connectivity index is 0.000000293. The number of nitrogens with zero attached hydrogens (tertiary/aromatic N) is 2. The Morgan fingerprint density at radius 1 is 1.44 bits per heavy atom. The lowest BCUT2D eigenvalue weighted by Crippen LogP contribution is -2.54. The number of hydrogen-bond donors (Lipinski definition) is 3. The van der Waals surface area contributed by atoms with Crippen molar-refractivity contribution in [1.82, 2.24) is 10.3 Å². The lowest BCUT2D eigenvalue weighted by molar-refractivity contribution is -0.870. The normalized spacial score (nSPS) is 22.5. The van der Waals surface area contributed by atoms with Crippen LogP contribution in [0.4, 0.5) is 0 Å². The fraction of sp³-hybridized carbons (Fsp3) is 1.00. The molecule has 0 aromatic heterocycles. The van der Waals surface area contributed by atoms with Gasteiger partial charge in [-0.3, -0.25) is 5.84 Å². The van der Waals surface area contributed by atoms with Crippen LogP contribution in [0.1, 0.15) is 13.3 Å². The van der Waals surface area contributed by atoms with E-state index in [0.29, 0.717) is 6.04 Å². The number of rotatable bonds is 3. The number of piperazine rings is 1. The van der Waals surface area contributed by atoms with Gasteiger partial charge in [-0.25, -0.2) is 5.01 Å². The first-order chi connectivity index (χ1) is 7.40. The molecule has 0 amide bonds. The molecule has 5 heteroatoms. The summed E-state index contributed by atoms with van der Waals surface area (Å²) in [5.74, 6) is 5.68. The number of aliphatic hydroxyl groups is 1. The van der Waals surface area contributed by atoms with Gasteiger partial charge in [0.2, 0.25) is 0 Å². The Morgan fingerprint density at radius 2 is 2.06 bits per heavy atom. The van der Waals surface area contributed by atoms with Crippen LogP contribution < -0.4 is 11.2 Å². The SMILES string of the molecule is CCC1CNCCN1N.C[N+](C)(C)CCO. The lowest BCUT2D eigenvalue weighted by Gasteiger charge is -2.31. The van der Waals surface area contributed by atoms with Crippen molar-refractivity contribution < 1.29 is 9.59 Å². The number of hydrogen-bond acceptors (Lipinski definition) is 4. The molecule has 1 aliphatic heterocycles. The molecule has 0 saturated carbocycles. The molecule has 0 spiro atoms. The average molecular weight is 233 g/mol. The monoisotopic (exact) mass is 233 g/mol. The number of nitrogens with one attached hydrogen (secondary N) is 1. The third-order valence-corrected chi connectivity index (χ3v) is 2.64. The third-order valence-electron chi connectivity index (χ3n) is 2.64. The Hall–Kier alpha value is -0.200. The summed E-state index contributed by atoms with van der Waals surface area (Å²) in [6.07, 6.45) is 1.14. The summed E-state index contributed by atoms with van der Waals surface area (Å²) in [6, 6.07) is 0.554. The standard InChI is InChI=1S/C6H15N3.C5H14NO/c1-2-6-5-8-3-4-9(6)7;1-6(2,3)4-5-7/h6,8H,2-5,7H2,1H3;7H,4-5H2,1-3H3/q;+1. The van der Waals surface area contributed by atoms with E-state index in [1.165, 1.54) is 0 Å². The summed E-state index contributed by atoms with van der Waals surface area (Å²) in [5, 5.41) is 13.6. The fourth-order valence-electron chi connectivity index (χ4n) is 1.46. The minimum absolute atomic E-state index is 0.281. The van der Waals surface area contributed by atoms with Crippen LogP contribution in [-0.2, 0) is 0 Å². The molecule has 98 valence electrons. The molecule has 0 aromatic carbocycles. The summed E-state index contributed by atoms with van der Waals surface area (Å²) in [7, 11) is 6.16. The molecule has 1 saturated heterocycles. The van der Waals surface area contributed by atoms with Gasteiger partial charge in [-0.1, -0.05) is 6.92 Å². The van der Waals surface area contributed by atoms with Crippen molar-refractivity contribution in [2.24, 2.45) is 5.84 Å². The summed E-state index contributed by atoms with van der Waals surface area (Å²) in [4.78, 5) is 0. The Morgan fingerprint density at radius 3 is 2.31 bits per heavy atom. The second-order valence-corrected chi connectivity index (χ2v) is 5.24. The molecule has 0 aromatic rings. The molecule has 0 bridgehead atoms. The van der Waals surface area contributed by atoms with Crippen molar-refractivity contribution in [3.8, 4) is 0 Å². The fourth-order valence-corrected chi connectivity index (χ4v) is 1.46. The van der Waals surface area contributed by atoms with Crippen molar-refractivity contribution >= 4 is 0 Å². The van der Waals surface area contributed by atoms with Gasteiger partial charge < -0.3 is 14.9 Å². The van der Waals surface area contributed by atoms with Crippen molar-refractivity contribution in [3.63, 3.8) is 0 Å². The molecule has 1 atom stereocenters. The minimum Gasteiger partial charge on any atom is -0.391 e. The number of quaternary nitrogens is 1. The zero-order chi connectivity index (χ0) is 12.6. The van der Waals surface area contributed by atoms with E-state index in [4.69, 9.17) is 10.9 Å². The average Bonchev–Trinajstić information content (AvgIpc) is 2.17. The highest BCUT2D eigenvalue weighted by atomic mass is 16.3. The van der Waals surface area contributed by atoms with E-state index >= 15 is 0 Å². The van der Waals surface area contributed by atoms with E-state index in [1.54, 1.807) is 0 Å². The van der Waals surface area contributed by atoms with E-state index in [1.807, 2.05) is 5.01 Å². The van der Waals surface area contributed by atoms with Crippen molar-refractivity contribution in [3.05, 3.63) is 0 Å². The van der Waals surface area contributed by atoms with Gasteiger partial charge in [0.1, 0.15) is 6.54 Å². The summed E-state index contributed by atoms with van der Waals surface area (Å²) in [6.45, 7) is 6.35. The predicted molar refractivity (Wildman–Crippen MR) is 67.8 cm³/mol. The second-order valence-electron chi connectivity index (χ2n) is 5.24. The lowest BCUT2D eigenvalue weighted by atomic mass is 10.2. The molecule has 0 aliphatic carbocycles. The Bertz CT molecular complexity index is 170. The maximum atomic E-state index is 8.39. The van der Waals surface area contributed by atoms with E-state index in [9.17, 15) is 0 Å². The molecule has 0 radical (unpaired) electrons. The van der Waals surface area contributed by atoms with Gasteiger partial charge >= 0.3 is 0 Å². The predicted octanol–water partition coefficient (Wildman–Crippen LogP) is -0.771. The molecule has 1 rings (SSSR count). The Labute approximate surface area is 99.8 Å². The number of likely N-dealkylation sites (N-methyl/N-ethyl adjacent to an activating group) is 1. The quantitative estimate of drug-likeness (QED) is 0.442. The number of aliphatic hydroxyl groups excluding tert-OH is 1. The molecule has 1 fully saturated rings. The van der Waals surface area contributed by atoms with Crippen molar-refractivity contribution in [2.45, 2.75) is 19.4 Å². The first kappa shape index (κ1) is 15.8. The third kappa shape index (κ3) is 8.01. The zero-order valence-electron chi connectivity index (χ0n) is 11.2. The number of nitrogens with two attached hydrogens (primary N) is 1. The molecular weight excluding hydrogens is 204 g/mol. The van der Waals surface area contributed by atoms with Gasteiger partial charge in [-0.15, -0.1) is 0 Å². The maximum absolute atomic E-state index is 8.39. The molecule has 5 nitrogen and oxygen atoms in total. The topological polar surface area (TPSA) is 61.5 Å². The summed E-state index contributed by atoms with van der Waals surface area (Å²) < 4.78 is 0.844. The van der Waals surface area contributed by atoms with Crippen LogP contribution in [0.2, 0.25) is 0 Å². The molecular formula is C11H29N4O+. The van der Waals surface area contributed by atoms with Crippen LogP contribution in [0.25, 0.3) is 0 Å². The summed E-state index contributed by atoms with van der Waals surface area (Å²) >= 11 is 0. The number of hydrazine groups is 1. The van der Waals surface area contributed by atoms with Gasteiger partial charge in [-0.05, 0) is 6.42 Å². The molecule has 1 heterocycles. The first-order valence-corrected chi connectivity index (χ1v) is 6.04. The van der Waals surface area contributed by atoms with Crippen LogP contribution in [0.3, 0.4) is 0 Å². The van der Waals surface area contributed by atoms with Gasteiger partial charge in [0.05, 0.1) is 27.7 Å². The molecule has 4 N–H and O–H groups in total. The zero-order valence-corrected chi connectivity index (χ0v) is 11.2. The summed E-state index contributed by atoms with van der Waals surface area (Å²) in [5.41, 5.74) is 0. The molecule has 1 aliphatic rings. The van der Waals surface area contributed by atoms with Gasteiger partial charge in [0.25, 0.3) is 0 Å². The maximum Gasteiger partial charge on any atom is 0.101 e. The second kappa shape index (κ2) is 7.97. The van der Waals surface area contributed by atoms with Crippen LogP contribution >= 0.6 is 0 Å². The highest BCUT2D eigenvalue weighted by molar-refractivity contribution is 4.73. The van der Waals surface area contributed by atoms with E-state index in [-0.39, 0.29) is 6.61 Å². The van der Waals surface area contributed by atoms with Crippen LogP contribution in [0, 0.1) is 0 Å². The molecule has 1 unspecified atom stereocenters.